The molecule has 0 fully saturated rings. The van der Waals surface area contributed by atoms with E-state index in [1.54, 1.807) is 34.6 Å². The molecule has 2 N–H and O–H groups in total. The number of amides is 2. The molecule has 0 saturated carbocycles. The first kappa shape index (κ1) is 21.9. The minimum atomic E-state index is -0.964. The van der Waals surface area contributed by atoms with Gasteiger partial charge in [0.15, 0.2) is 11.6 Å². The maximum atomic E-state index is 13.4. The summed E-state index contributed by atoms with van der Waals surface area (Å²) in [5.74, 6) is -2.20. The third kappa shape index (κ3) is 6.28. The predicted molar refractivity (Wildman–Crippen MR) is 95.6 cm³/mol. The predicted octanol–water partition coefficient (Wildman–Crippen LogP) is 4.08. The summed E-state index contributed by atoms with van der Waals surface area (Å²) in [7, 11) is 0. The van der Waals surface area contributed by atoms with Gasteiger partial charge in [-0.2, -0.15) is 0 Å². The summed E-state index contributed by atoms with van der Waals surface area (Å²) in [5.41, 5.74) is -1.05. The van der Waals surface area contributed by atoms with Gasteiger partial charge < -0.3 is 15.4 Å². The first-order valence-corrected chi connectivity index (χ1v) is 8.60. The van der Waals surface area contributed by atoms with E-state index in [1.807, 2.05) is 6.92 Å². The number of hydrogen-bond acceptors (Lipinski definition) is 3. The molecule has 0 heterocycles. The van der Waals surface area contributed by atoms with E-state index in [9.17, 15) is 18.4 Å². The Bertz CT molecular complexity index is 659. The van der Waals surface area contributed by atoms with Gasteiger partial charge >= 0.3 is 6.09 Å². The van der Waals surface area contributed by atoms with Gasteiger partial charge in [0.05, 0.1) is 11.5 Å². The van der Waals surface area contributed by atoms with Crippen molar-refractivity contribution in [2.24, 2.45) is 5.41 Å². The number of hydrogen-bond donors (Lipinski definition) is 2. The third-order valence-electron chi connectivity index (χ3n) is 4.14. The molecule has 5 nitrogen and oxygen atoms in total. The van der Waals surface area contributed by atoms with Crippen LogP contribution in [-0.2, 0) is 9.53 Å². The first-order chi connectivity index (χ1) is 11.9. The summed E-state index contributed by atoms with van der Waals surface area (Å²) in [6, 6.07) is 3.00. The molecule has 0 spiro atoms. The molecular weight excluding hydrogens is 342 g/mol. The number of nitrogens with one attached hydrogen (secondary N) is 2. The number of alkyl carbamates (subject to hydrolysis) is 1. The topological polar surface area (TPSA) is 67.4 Å². The van der Waals surface area contributed by atoms with Crippen molar-refractivity contribution in [3.8, 4) is 0 Å². The van der Waals surface area contributed by atoms with Gasteiger partial charge in [-0.25, -0.2) is 13.6 Å². The van der Waals surface area contributed by atoms with Gasteiger partial charge in [0.2, 0.25) is 5.91 Å². The Balaban J connectivity index is 2.74. The van der Waals surface area contributed by atoms with Crippen LogP contribution >= 0.6 is 0 Å². The largest absolute Gasteiger partial charge is 0.444 e. The molecule has 0 aliphatic rings. The molecule has 0 aromatic heterocycles. The number of carbonyl (C=O) groups is 2. The fourth-order valence-corrected chi connectivity index (χ4v) is 2.18. The van der Waals surface area contributed by atoms with Crippen molar-refractivity contribution in [2.45, 2.75) is 59.6 Å². The van der Waals surface area contributed by atoms with E-state index in [4.69, 9.17) is 4.74 Å². The molecular formula is C19H28F2N2O3. The second-order valence-electron chi connectivity index (χ2n) is 7.64. The van der Waals surface area contributed by atoms with Gasteiger partial charge in [0, 0.05) is 6.54 Å². The molecule has 7 heteroatoms. The van der Waals surface area contributed by atoms with Gasteiger partial charge in [-0.05, 0) is 58.7 Å². The second-order valence-corrected chi connectivity index (χ2v) is 7.64. The molecule has 1 rings (SSSR count). The zero-order chi connectivity index (χ0) is 20.1. The van der Waals surface area contributed by atoms with Crippen molar-refractivity contribution in [1.82, 2.24) is 10.6 Å². The molecule has 0 aliphatic carbocycles. The minimum absolute atomic E-state index is 0.0920. The highest BCUT2D eigenvalue weighted by molar-refractivity contribution is 5.83. The van der Waals surface area contributed by atoms with Crippen molar-refractivity contribution >= 4 is 12.0 Å². The lowest BCUT2D eigenvalue weighted by Crippen LogP contribution is -2.47. The Morgan fingerprint density at radius 3 is 2.27 bits per heavy atom. The highest BCUT2D eigenvalue weighted by atomic mass is 19.2. The molecule has 1 aromatic carbocycles. The summed E-state index contributed by atoms with van der Waals surface area (Å²) < 4.78 is 31.6. The average molecular weight is 370 g/mol. The Morgan fingerprint density at radius 1 is 1.15 bits per heavy atom. The molecule has 0 radical (unpaired) electrons. The lowest BCUT2D eigenvalue weighted by molar-refractivity contribution is -0.130. The van der Waals surface area contributed by atoms with Crippen LogP contribution in [0, 0.1) is 17.0 Å². The summed E-state index contributed by atoms with van der Waals surface area (Å²) in [6.07, 6.45) is -0.127. The van der Waals surface area contributed by atoms with Crippen LogP contribution in [0.5, 0.6) is 0 Å². The average Bonchev–Trinajstić information content (AvgIpc) is 2.53. The number of benzene rings is 1. The first-order valence-electron chi connectivity index (χ1n) is 8.60. The van der Waals surface area contributed by atoms with Crippen LogP contribution in [0.1, 0.15) is 59.6 Å². The monoisotopic (exact) mass is 370 g/mol. The third-order valence-corrected chi connectivity index (χ3v) is 4.14. The Kier molecular flexibility index (Phi) is 7.12. The van der Waals surface area contributed by atoms with Crippen molar-refractivity contribution in [3.63, 3.8) is 0 Å². The standard InChI is InChI=1S/C19H28F2N2O3/c1-7-19(6,11-22-17(25)26-18(3,4)5)16(24)23-12(2)13-8-9-14(20)15(21)10-13/h8-10,12H,7,11H2,1-6H3,(H,22,25)(H,23,24). The molecule has 0 saturated heterocycles. The van der Waals surface area contributed by atoms with Crippen LogP contribution in [0.3, 0.4) is 0 Å². The molecule has 26 heavy (non-hydrogen) atoms. The van der Waals surface area contributed by atoms with Crippen molar-refractivity contribution in [1.29, 1.82) is 0 Å². The van der Waals surface area contributed by atoms with E-state index in [0.29, 0.717) is 12.0 Å². The van der Waals surface area contributed by atoms with E-state index >= 15 is 0 Å². The zero-order valence-electron chi connectivity index (χ0n) is 16.2. The lowest BCUT2D eigenvalue weighted by Gasteiger charge is -2.30. The Hall–Kier alpha value is -2.18. The zero-order valence-corrected chi connectivity index (χ0v) is 16.2. The number of carbonyl (C=O) groups excluding carboxylic acids is 2. The van der Waals surface area contributed by atoms with E-state index < -0.39 is 34.8 Å². The van der Waals surface area contributed by atoms with Crippen LogP contribution in [0.4, 0.5) is 13.6 Å². The van der Waals surface area contributed by atoms with E-state index in [1.165, 1.54) is 6.07 Å². The molecule has 2 amide bonds. The van der Waals surface area contributed by atoms with Gasteiger partial charge in [0.25, 0.3) is 0 Å². The maximum absolute atomic E-state index is 13.4. The van der Waals surface area contributed by atoms with Gasteiger partial charge in [0.1, 0.15) is 5.60 Å². The highest BCUT2D eigenvalue weighted by Crippen LogP contribution is 2.23. The summed E-state index contributed by atoms with van der Waals surface area (Å²) >= 11 is 0. The van der Waals surface area contributed by atoms with Crippen molar-refractivity contribution in [3.05, 3.63) is 35.4 Å². The number of rotatable bonds is 6. The molecule has 1 aromatic rings. The highest BCUT2D eigenvalue weighted by Gasteiger charge is 2.33. The summed E-state index contributed by atoms with van der Waals surface area (Å²) in [4.78, 5) is 24.5. The van der Waals surface area contributed by atoms with Gasteiger partial charge in [-0.15, -0.1) is 0 Å². The fourth-order valence-electron chi connectivity index (χ4n) is 2.18. The van der Waals surface area contributed by atoms with Crippen LogP contribution in [0.2, 0.25) is 0 Å². The van der Waals surface area contributed by atoms with E-state index in [2.05, 4.69) is 10.6 Å². The van der Waals surface area contributed by atoms with Crippen LogP contribution in [0.25, 0.3) is 0 Å². The lowest BCUT2D eigenvalue weighted by atomic mass is 9.86. The number of ether oxygens (including phenoxy) is 1. The van der Waals surface area contributed by atoms with Crippen molar-refractivity contribution in [2.75, 3.05) is 6.54 Å². The van der Waals surface area contributed by atoms with Gasteiger partial charge in [-0.3, -0.25) is 4.79 Å². The Morgan fingerprint density at radius 2 is 1.77 bits per heavy atom. The van der Waals surface area contributed by atoms with Crippen molar-refractivity contribution < 1.29 is 23.1 Å². The van der Waals surface area contributed by atoms with E-state index in [-0.39, 0.29) is 12.5 Å². The van der Waals surface area contributed by atoms with Crippen LogP contribution in [0.15, 0.2) is 18.2 Å². The summed E-state index contributed by atoms with van der Waals surface area (Å²) in [6.45, 7) is 10.6. The Labute approximate surface area is 153 Å². The van der Waals surface area contributed by atoms with Gasteiger partial charge in [-0.1, -0.05) is 13.0 Å². The molecule has 0 aliphatic heterocycles. The molecule has 0 bridgehead atoms. The van der Waals surface area contributed by atoms with Crippen LogP contribution < -0.4 is 10.6 Å². The fraction of sp³-hybridized carbons (Fsp3) is 0.579. The quantitative estimate of drug-likeness (QED) is 0.793. The molecule has 146 valence electrons. The SMILES string of the molecule is CCC(C)(CNC(=O)OC(C)(C)C)C(=O)NC(C)c1ccc(F)c(F)c1. The van der Waals surface area contributed by atoms with E-state index in [0.717, 1.165) is 12.1 Å². The summed E-state index contributed by atoms with van der Waals surface area (Å²) in [5, 5.41) is 5.40. The molecule has 2 unspecified atom stereocenters. The van der Waals surface area contributed by atoms with Crippen LogP contribution in [-0.4, -0.2) is 24.1 Å². The number of halogens is 2. The smallest absolute Gasteiger partial charge is 0.407 e. The maximum Gasteiger partial charge on any atom is 0.407 e. The normalized spacial score (nSPS) is 14.9. The molecule has 2 atom stereocenters. The second kappa shape index (κ2) is 8.47. The minimum Gasteiger partial charge on any atom is -0.444 e.